The Labute approximate surface area is 111 Å². The number of hydrogen-bond donors (Lipinski definition) is 2. The van der Waals surface area contributed by atoms with E-state index in [2.05, 4.69) is 5.32 Å². The van der Waals surface area contributed by atoms with Gasteiger partial charge in [-0.15, -0.1) is 0 Å². The topological polar surface area (TPSA) is 73.6 Å². The number of methoxy groups -OCH3 is 1. The lowest BCUT2D eigenvalue weighted by Crippen LogP contribution is -2.37. The number of hydrogen-bond acceptors (Lipinski definition) is 4. The number of carbonyl (C=O) groups is 1. The standard InChI is InChI=1S/C13H19FN2O3/c1-9(13(17)16-7-4-8-18-2)19-12-10(14)5-3-6-11(12)15/h3,5-6,9H,4,7-8,15H2,1-2H3,(H,16,17). The number of amides is 1. The van der Waals surface area contributed by atoms with Gasteiger partial charge in [0.1, 0.15) is 0 Å². The third kappa shape index (κ3) is 4.75. The lowest BCUT2D eigenvalue weighted by Gasteiger charge is -2.16. The molecule has 0 radical (unpaired) electrons. The third-order valence-corrected chi connectivity index (χ3v) is 2.49. The molecule has 0 saturated carbocycles. The average molecular weight is 270 g/mol. The monoisotopic (exact) mass is 270 g/mol. The van der Waals surface area contributed by atoms with Crippen LogP contribution in [0.4, 0.5) is 10.1 Å². The second-order valence-corrected chi connectivity index (χ2v) is 4.06. The van der Waals surface area contributed by atoms with Gasteiger partial charge in [0.15, 0.2) is 17.7 Å². The molecule has 0 saturated heterocycles. The fourth-order valence-corrected chi connectivity index (χ4v) is 1.45. The number of carbonyl (C=O) groups excluding carboxylic acids is 1. The molecular weight excluding hydrogens is 251 g/mol. The molecule has 3 N–H and O–H groups in total. The summed E-state index contributed by atoms with van der Waals surface area (Å²) in [6.07, 6.45) is -0.113. The Morgan fingerprint density at radius 1 is 1.53 bits per heavy atom. The minimum Gasteiger partial charge on any atom is -0.476 e. The molecule has 0 heterocycles. The van der Waals surface area contributed by atoms with Crippen LogP contribution in [-0.4, -0.2) is 32.3 Å². The van der Waals surface area contributed by atoms with Crippen molar-refractivity contribution in [3.05, 3.63) is 24.0 Å². The van der Waals surface area contributed by atoms with Crippen LogP contribution >= 0.6 is 0 Å². The van der Waals surface area contributed by atoms with Crippen molar-refractivity contribution in [1.82, 2.24) is 5.32 Å². The van der Waals surface area contributed by atoms with Gasteiger partial charge in [-0.2, -0.15) is 0 Å². The Hall–Kier alpha value is -1.82. The summed E-state index contributed by atoms with van der Waals surface area (Å²) >= 11 is 0. The number of halogens is 1. The van der Waals surface area contributed by atoms with Crippen molar-refractivity contribution in [3.8, 4) is 5.75 Å². The number of rotatable bonds is 7. The molecule has 0 bridgehead atoms. The zero-order valence-corrected chi connectivity index (χ0v) is 11.1. The fraction of sp³-hybridized carbons (Fsp3) is 0.462. The highest BCUT2D eigenvalue weighted by Crippen LogP contribution is 2.25. The van der Waals surface area contributed by atoms with Gasteiger partial charge in [0.05, 0.1) is 5.69 Å². The van der Waals surface area contributed by atoms with Crippen molar-refractivity contribution >= 4 is 11.6 Å². The zero-order valence-electron chi connectivity index (χ0n) is 11.1. The highest BCUT2D eigenvalue weighted by atomic mass is 19.1. The van der Waals surface area contributed by atoms with Gasteiger partial charge in [-0.05, 0) is 25.5 Å². The van der Waals surface area contributed by atoms with Crippen LogP contribution in [0.5, 0.6) is 5.75 Å². The molecule has 1 rings (SSSR count). The van der Waals surface area contributed by atoms with E-state index < -0.39 is 11.9 Å². The van der Waals surface area contributed by atoms with Gasteiger partial charge in [-0.3, -0.25) is 4.79 Å². The van der Waals surface area contributed by atoms with E-state index in [4.69, 9.17) is 15.2 Å². The van der Waals surface area contributed by atoms with E-state index in [9.17, 15) is 9.18 Å². The van der Waals surface area contributed by atoms with Crippen molar-refractivity contribution in [1.29, 1.82) is 0 Å². The van der Waals surface area contributed by atoms with Crippen LogP contribution in [0.2, 0.25) is 0 Å². The third-order valence-electron chi connectivity index (χ3n) is 2.49. The number of anilines is 1. The van der Waals surface area contributed by atoms with Crippen molar-refractivity contribution in [3.63, 3.8) is 0 Å². The first-order chi connectivity index (χ1) is 9.06. The summed E-state index contributed by atoms with van der Waals surface area (Å²) in [7, 11) is 1.59. The molecule has 1 atom stereocenters. The predicted molar refractivity (Wildman–Crippen MR) is 70.4 cm³/mol. The molecule has 19 heavy (non-hydrogen) atoms. The molecule has 0 aliphatic carbocycles. The number of benzene rings is 1. The smallest absolute Gasteiger partial charge is 0.260 e. The van der Waals surface area contributed by atoms with Gasteiger partial charge in [0, 0.05) is 20.3 Å². The fourth-order valence-electron chi connectivity index (χ4n) is 1.45. The minimum absolute atomic E-state index is 0.0953. The van der Waals surface area contributed by atoms with E-state index in [1.165, 1.54) is 25.1 Å². The lowest BCUT2D eigenvalue weighted by atomic mass is 10.2. The van der Waals surface area contributed by atoms with Crippen LogP contribution in [-0.2, 0) is 9.53 Å². The molecule has 0 aromatic heterocycles. The van der Waals surface area contributed by atoms with Gasteiger partial charge >= 0.3 is 0 Å². The molecular formula is C13H19FN2O3. The van der Waals surface area contributed by atoms with E-state index in [1.807, 2.05) is 0 Å². The molecule has 1 aromatic carbocycles. The molecule has 0 fully saturated rings. The van der Waals surface area contributed by atoms with Crippen molar-refractivity contribution in [2.24, 2.45) is 0 Å². The summed E-state index contributed by atoms with van der Waals surface area (Å²) in [6, 6.07) is 4.23. The summed E-state index contributed by atoms with van der Waals surface area (Å²) < 4.78 is 23.6. The molecule has 1 amide bonds. The Kier molecular flexibility index (Phi) is 6.08. The van der Waals surface area contributed by atoms with Crippen LogP contribution in [0.1, 0.15) is 13.3 Å². The highest BCUT2D eigenvalue weighted by Gasteiger charge is 2.17. The minimum atomic E-state index is -0.818. The van der Waals surface area contributed by atoms with Crippen LogP contribution in [0.25, 0.3) is 0 Å². The van der Waals surface area contributed by atoms with E-state index in [-0.39, 0.29) is 17.3 Å². The zero-order chi connectivity index (χ0) is 14.3. The second kappa shape index (κ2) is 7.58. The van der Waals surface area contributed by atoms with Gasteiger partial charge in [-0.25, -0.2) is 4.39 Å². The second-order valence-electron chi connectivity index (χ2n) is 4.06. The van der Waals surface area contributed by atoms with Gasteiger partial charge in [0.25, 0.3) is 5.91 Å². The molecule has 0 aliphatic rings. The number of ether oxygens (including phenoxy) is 2. The Morgan fingerprint density at radius 3 is 2.89 bits per heavy atom. The van der Waals surface area contributed by atoms with Gasteiger partial charge < -0.3 is 20.5 Å². The molecule has 6 heteroatoms. The summed E-state index contributed by atoms with van der Waals surface area (Å²) in [5, 5.41) is 2.67. The first-order valence-electron chi connectivity index (χ1n) is 6.03. The van der Waals surface area contributed by atoms with Crippen LogP contribution in [0, 0.1) is 5.82 Å². The lowest BCUT2D eigenvalue weighted by molar-refractivity contribution is -0.127. The molecule has 5 nitrogen and oxygen atoms in total. The maximum atomic E-state index is 13.5. The van der Waals surface area contributed by atoms with Crippen LogP contribution in [0.15, 0.2) is 18.2 Å². The summed E-state index contributed by atoms with van der Waals surface area (Å²) in [5.41, 5.74) is 5.76. The number of para-hydroxylation sites is 1. The maximum absolute atomic E-state index is 13.5. The first-order valence-corrected chi connectivity index (χ1v) is 6.03. The van der Waals surface area contributed by atoms with Crippen molar-refractivity contribution in [2.75, 3.05) is 26.0 Å². The summed E-state index contributed by atoms with van der Waals surface area (Å²) in [5.74, 6) is -1.00. The molecule has 1 aromatic rings. The Balaban J connectivity index is 2.50. The van der Waals surface area contributed by atoms with Crippen LogP contribution < -0.4 is 15.8 Å². The Morgan fingerprint density at radius 2 is 2.26 bits per heavy atom. The normalized spacial score (nSPS) is 11.9. The van der Waals surface area contributed by atoms with Crippen LogP contribution in [0.3, 0.4) is 0 Å². The SMILES string of the molecule is COCCCNC(=O)C(C)Oc1c(N)cccc1F. The van der Waals surface area contributed by atoms with E-state index >= 15 is 0 Å². The van der Waals surface area contributed by atoms with Crippen molar-refractivity contribution < 1.29 is 18.7 Å². The number of nitrogens with one attached hydrogen (secondary N) is 1. The maximum Gasteiger partial charge on any atom is 0.260 e. The highest BCUT2D eigenvalue weighted by molar-refractivity contribution is 5.80. The number of nitrogens with two attached hydrogens (primary N) is 1. The summed E-state index contributed by atoms with van der Waals surface area (Å²) in [4.78, 5) is 11.7. The first kappa shape index (κ1) is 15.2. The summed E-state index contributed by atoms with van der Waals surface area (Å²) in [6.45, 7) is 2.58. The molecule has 0 aliphatic heterocycles. The number of nitrogen functional groups attached to an aromatic ring is 1. The van der Waals surface area contributed by atoms with Gasteiger partial charge in [-0.1, -0.05) is 6.07 Å². The Bertz CT molecular complexity index is 406. The predicted octanol–water partition coefficient (Wildman–Crippen LogP) is 1.33. The van der Waals surface area contributed by atoms with E-state index in [0.29, 0.717) is 19.6 Å². The quantitative estimate of drug-likeness (QED) is 0.579. The molecule has 1 unspecified atom stereocenters. The largest absolute Gasteiger partial charge is 0.476 e. The molecule has 0 spiro atoms. The molecule has 106 valence electrons. The van der Waals surface area contributed by atoms with E-state index in [0.717, 1.165) is 0 Å². The van der Waals surface area contributed by atoms with Crippen molar-refractivity contribution in [2.45, 2.75) is 19.4 Å². The average Bonchev–Trinajstić information content (AvgIpc) is 2.38. The van der Waals surface area contributed by atoms with Gasteiger partial charge in [0.2, 0.25) is 0 Å². The van der Waals surface area contributed by atoms with E-state index in [1.54, 1.807) is 7.11 Å².